The summed E-state index contributed by atoms with van der Waals surface area (Å²) in [6, 6.07) is 33.3. The van der Waals surface area contributed by atoms with Crippen molar-refractivity contribution in [1.29, 1.82) is 0 Å². The van der Waals surface area contributed by atoms with Gasteiger partial charge in [-0.25, -0.2) is 0 Å². The van der Waals surface area contributed by atoms with Gasteiger partial charge in [0, 0.05) is 0 Å². The van der Waals surface area contributed by atoms with Gasteiger partial charge in [0.1, 0.15) is 0 Å². The summed E-state index contributed by atoms with van der Waals surface area (Å²) in [6.07, 6.45) is 18.3. The van der Waals surface area contributed by atoms with E-state index in [0.29, 0.717) is 7.35 Å². The molecule has 0 heterocycles. The number of rotatable bonds is 12. The summed E-state index contributed by atoms with van der Waals surface area (Å²) in [5, 5.41) is 0. The molecule has 2 aliphatic rings. The first-order chi connectivity index (χ1) is 24.3. The van der Waals surface area contributed by atoms with Gasteiger partial charge in [-0.2, -0.15) is 0 Å². The Hall–Kier alpha value is -2.55. The van der Waals surface area contributed by atoms with E-state index in [9.17, 15) is 0 Å². The zero-order chi connectivity index (χ0) is 37.7. The molecule has 0 radical (unpaired) electrons. The molecule has 52 heavy (non-hydrogen) atoms. The first-order valence-electron chi connectivity index (χ1n) is 20.7. The standard InChI is InChI=1S/2C19H19.2C5H11.2CH3.Hf.H2Si/c2*1-19(2,3)16-10-4-9-15(13-16)18-12-6-8-14-7-5-11-17(14)18;2*1-3-5-4-2;;;;/h2*4-13H,1-3H3;2*1,3-5H2,2H3;2*1H3;;1H2. The van der Waals surface area contributed by atoms with Crippen LogP contribution in [0.25, 0.3) is 34.4 Å². The molecule has 0 aromatic heterocycles. The second kappa shape index (κ2) is 12.8. The third kappa shape index (κ3) is 6.50. The summed E-state index contributed by atoms with van der Waals surface area (Å²) < 4.78 is 9.53. The van der Waals surface area contributed by atoms with Gasteiger partial charge in [0.2, 0.25) is 0 Å². The molecule has 0 aliphatic heterocycles. The van der Waals surface area contributed by atoms with Crippen molar-refractivity contribution >= 4 is 19.1 Å². The second-order valence-corrected chi connectivity index (χ2v) is 98.8. The van der Waals surface area contributed by atoms with E-state index in [1.165, 1.54) is 91.4 Å². The van der Waals surface area contributed by atoms with Crippen molar-refractivity contribution < 1.29 is 14.2 Å². The van der Waals surface area contributed by atoms with Gasteiger partial charge in [-0.1, -0.05) is 0 Å². The van der Waals surface area contributed by atoms with Gasteiger partial charge in [-0.15, -0.1) is 0 Å². The first-order valence-corrected chi connectivity index (χ1v) is 45.4. The molecule has 0 nitrogen and oxygen atoms in total. The number of allylic oxidation sites excluding steroid dienone is 2. The van der Waals surface area contributed by atoms with Gasteiger partial charge in [0.15, 0.2) is 0 Å². The predicted octanol–water partition coefficient (Wildman–Crippen LogP) is 15.1. The third-order valence-electron chi connectivity index (χ3n) is 14.7. The minimum atomic E-state index is -5.19. The van der Waals surface area contributed by atoms with Crippen LogP contribution >= 0.6 is 0 Å². The number of hydrogen-bond acceptors (Lipinski definition) is 0. The van der Waals surface area contributed by atoms with E-state index in [1.54, 1.807) is 11.1 Å². The Labute approximate surface area is 313 Å². The van der Waals surface area contributed by atoms with Crippen molar-refractivity contribution in [3.05, 3.63) is 130 Å². The summed E-state index contributed by atoms with van der Waals surface area (Å²) in [5.74, 6) is 0. The molecule has 2 aliphatic carbocycles. The Morgan fingerprint density at radius 1 is 0.538 bits per heavy atom. The van der Waals surface area contributed by atoms with E-state index in [2.05, 4.69) is 181 Å². The molecule has 2 unspecified atom stereocenters. The molecular formula is C50H68HfSi. The molecule has 0 saturated carbocycles. The Morgan fingerprint density at radius 3 is 1.29 bits per heavy atom. The average molecular weight is 876 g/mol. The summed E-state index contributed by atoms with van der Waals surface area (Å²) >= 11 is -5.19. The van der Waals surface area contributed by atoms with Gasteiger partial charge >= 0.3 is 316 Å². The van der Waals surface area contributed by atoms with E-state index in [-0.39, 0.29) is 10.8 Å². The van der Waals surface area contributed by atoms with Crippen molar-refractivity contribution in [2.24, 2.45) is 0 Å². The SMILES string of the molecule is CCCC[CH2][Hf]([CH3])([CH3])(=[SiH2])([CH2]CCCC)([CH]1C=Cc2c(-c3cccc(C(C)(C)C)c3)cccc21)[CH]1C=Cc2c(-c3cccc(C(C)(C)C)c3)cccc21. The van der Waals surface area contributed by atoms with Crippen LogP contribution in [-0.4, -0.2) is 6.94 Å². The van der Waals surface area contributed by atoms with Gasteiger partial charge in [-0.3, -0.25) is 0 Å². The number of fused-ring (bicyclic) bond motifs is 2. The summed E-state index contributed by atoms with van der Waals surface area (Å²) in [6.45, 7) is 21.4. The van der Waals surface area contributed by atoms with Crippen LogP contribution in [0, 0.1) is 0 Å². The third-order valence-corrected chi connectivity index (χ3v) is 71.3. The zero-order valence-electron chi connectivity index (χ0n) is 34.4. The van der Waals surface area contributed by atoms with Crippen LogP contribution in [0.5, 0.6) is 0 Å². The van der Waals surface area contributed by atoms with E-state index in [1.807, 2.05) is 0 Å². The van der Waals surface area contributed by atoms with Crippen molar-refractivity contribution in [3.8, 4) is 22.3 Å². The number of hydrogen-bond donors (Lipinski definition) is 0. The molecular weight excluding hydrogens is 807 g/mol. The molecule has 4 aromatic rings. The first kappa shape index (κ1) is 39.1. The van der Waals surface area contributed by atoms with E-state index >= 15 is 0 Å². The Balaban J connectivity index is 1.60. The normalized spacial score (nSPS) is 19.1. The molecule has 2 heteroatoms. The molecule has 0 spiro atoms. The summed E-state index contributed by atoms with van der Waals surface area (Å²) in [7, 11) is 0. The topological polar surface area (TPSA) is 0 Å². The van der Waals surface area contributed by atoms with Gasteiger partial charge < -0.3 is 0 Å². The monoisotopic (exact) mass is 876 g/mol. The van der Waals surface area contributed by atoms with Gasteiger partial charge in [-0.05, 0) is 0 Å². The van der Waals surface area contributed by atoms with Crippen LogP contribution in [0.15, 0.2) is 97.1 Å². The van der Waals surface area contributed by atoms with Crippen molar-refractivity contribution in [2.45, 2.75) is 130 Å². The molecule has 276 valence electrons. The van der Waals surface area contributed by atoms with Crippen LogP contribution < -0.4 is 0 Å². The maximum absolute atomic E-state index is 5.19. The van der Waals surface area contributed by atoms with E-state index in [0.717, 1.165) is 0 Å². The Kier molecular flexibility index (Phi) is 9.61. The van der Waals surface area contributed by atoms with Crippen LogP contribution in [0.1, 0.15) is 135 Å². The van der Waals surface area contributed by atoms with Crippen LogP contribution in [0.2, 0.25) is 17.7 Å². The quantitative estimate of drug-likeness (QED) is 0.0983. The van der Waals surface area contributed by atoms with Crippen molar-refractivity contribution in [3.63, 3.8) is 0 Å². The molecule has 0 bridgehead atoms. The summed E-state index contributed by atoms with van der Waals surface area (Å²) in [5.41, 5.74) is 14.6. The average Bonchev–Trinajstić information content (AvgIpc) is 3.76. The van der Waals surface area contributed by atoms with Crippen LogP contribution in [0.3, 0.4) is 0 Å². The molecule has 0 saturated heterocycles. The Morgan fingerprint density at radius 2 is 0.923 bits per heavy atom. The van der Waals surface area contributed by atoms with Gasteiger partial charge in [0.05, 0.1) is 0 Å². The number of unbranched alkanes of at least 4 members (excludes halogenated alkanes) is 4. The van der Waals surface area contributed by atoms with Crippen molar-refractivity contribution in [1.82, 2.24) is 0 Å². The summed E-state index contributed by atoms with van der Waals surface area (Å²) in [4.78, 5) is 0. The molecule has 0 amide bonds. The Bertz CT molecular complexity index is 2030. The minimum absolute atomic E-state index is 0.112. The number of benzene rings is 4. The molecule has 0 fully saturated rings. The fourth-order valence-electron chi connectivity index (χ4n) is 11.2. The molecule has 2 atom stereocenters. The van der Waals surface area contributed by atoms with E-state index in [4.69, 9.17) is 0 Å². The van der Waals surface area contributed by atoms with Crippen LogP contribution in [-0.2, 0) is 25.0 Å². The van der Waals surface area contributed by atoms with Gasteiger partial charge in [0.25, 0.3) is 0 Å². The predicted molar refractivity (Wildman–Crippen MR) is 234 cm³/mol. The van der Waals surface area contributed by atoms with Crippen LogP contribution in [0.4, 0.5) is 0 Å². The fraction of sp³-hybridized carbons (Fsp3) is 0.440. The molecule has 0 N–H and O–H groups in total. The maximum atomic E-state index is 2.97. The van der Waals surface area contributed by atoms with E-state index < -0.39 is 14.2 Å². The zero-order valence-corrected chi connectivity index (χ0v) is 39.4. The second-order valence-electron chi connectivity index (χ2n) is 21.8. The molecule has 6 rings (SSSR count). The fourth-order valence-corrected chi connectivity index (χ4v) is 60.7. The molecule has 4 aromatic carbocycles. The van der Waals surface area contributed by atoms with Crippen molar-refractivity contribution in [2.75, 3.05) is 0 Å².